The van der Waals surface area contributed by atoms with Crippen LogP contribution in [0.2, 0.25) is 0 Å². The number of rotatable bonds is 7. The van der Waals surface area contributed by atoms with Gasteiger partial charge < -0.3 is 15.0 Å². The zero-order chi connectivity index (χ0) is 13.8. The Bertz CT molecular complexity index is 342. The maximum atomic E-state index is 12.1. The second-order valence-electron chi connectivity index (χ2n) is 5.56. The van der Waals surface area contributed by atoms with Crippen LogP contribution in [-0.2, 0) is 14.3 Å². The maximum absolute atomic E-state index is 12.1. The van der Waals surface area contributed by atoms with Crippen molar-refractivity contribution in [2.24, 2.45) is 5.92 Å². The second kappa shape index (κ2) is 6.37. The minimum absolute atomic E-state index is 0.0219. The quantitative estimate of drug-likeness (QED) is 0.699. The Morgan fingerprint density at radius 1 is 1.37 bits per heavy atom. The van der Waals surface area contributed by atoms with Gasteiger partial charge in [-0.05, 0) is 38.5 Å². The standard InChI is InChI=1S/C14H24N2O3/c1-3-12-13(17)15-10(2)14(18)16(12)7-4-8-19-9-11-5-6-11/h10-12H,3-9H2,1-2H3,(H,15,17). The molecular formula is C14H24N2O3. The van der Waals surface area contributed by atoms with Crippen LogP contribution in [0.25, 0.3) is 0 Å². The summed E-state index contributed by atoms with van der Waals surface area (Å²) in [5.41, 5.74) is 0. The van der Waals surface area contributed by atoms with E-state index in [4.69, 9.17) is 4.74 Å². The number of amides is 2. The summed E-state index contributed by atoms with van der Waals surface area (Å²) in [5, 5.41) is 2.72. The summed E-state index contributed by atoms with van der Waals surface area (Å²) >= 11 is 0. The molecule has 1 aliphatic heterocycles. The minimum Gasteiger partial charge on any atom is -0.381 e. The number of piperazine rings is 1. The molecule has 0 radical (unpaired) electrons. The number of hydrogen-bond donors (Lipinski definition) is 1. The van der Waals surface area contributed by atoms with Crippen LogP contribution in [0.3, 0.4) is 0 Å². The molecule has 1 heterocycles. The molecular weight excluding hydrogens is 244 g/mol. The molecule has 2 amide bonds. The molecule has 0 aromatic heterocycles. The number of carbonyl (C=O) groups excluding carboxylic acids is 2. The van der Waals surface area contributed by atoms with Gasteiger partial charge in [-0.2, -0.15) is 0 Å². The highest BCUT2D eigenvalue weighted by Gasteiger charge is 2.36. The molecule has 1 N–H and O–H groups in total. The van der Waals surface area contributed by atoms with Crippen LogP contribution in [0.15, 0.2) is 0 Å². The van der Waals surface area contributed by atoms with Gasteiger partial charge in [0.25, 0.3) is 0 Å². The average Bonchev–Trinajstić information content (AvgIpc) is 3.18. The lowest BCUT2D eigenvalue weighted by Gasteiger charge is -2.37. The molecule has 2 unspecified atom stereocenters. The molecule has 1 saturated carbocycles. The third-order valence-electron chi connectivity index (χ3n) is 3.82. The summed E-state index contributed by atoms with van der Waals surface area (Å²) < 4.78 is 5.57. The van der Waals surface area contributed by atoms with E-state index in [-0.39, 0.29) is 17.9 Å². The Morgan fingerprint density at radius 2 is 2.11 bits per heavy atom. The summed E-state index contributed by atoms with van der Waals surface area (Å²) in [5.74, 6) is 0.757. The SMILES string of the molecule is CCC1C(=O)NC(C)C(=O)N1CCCOCC1CC1. The smallest absolute Gasteiger partial charge is 0.245 e. The largest absolute Gasteiger partial charge is 0.381 e. The zero-order valence-electron chi connectivity index (χ0n) is 11.9. The number of carbonyl (C=O) groups is 2. The first-order valence-corrected chi connectivity index (χ1v) is 7.32. The summed E-state index contributed by atoms with van der Waals surface area (Å²) in [6.07, 6.45) is 4.04. The summed E-state index contributed by atoms with van der Waals surface area (Å²) in [6.45, 7) is 5.81. The number of hydrogen-bond acceptors (Lipinski definition) is 3. The molecule has 0 aromatic rings. The van der Waals surface area contributed by atoms with Crippen LogP contribution in [-0.4, -0.2) is 48.6 Å². The summed E-state index contributed by atoms with van der Waals surface area (Å²) in [4.78, 5) is 25.6. The first-order chi connectivity index (χ1) is 9.13. The monoisotopic (exact) mass is 268 g/mol. The minimum atomic E-state index is -0.400. The van der Waals surface area contributed by atoms with Gasteiger partial charge in [-0.1, -0.05) is 6.92 Å². The second-order valence-corrected chi connectivity index (χ2v) is 5.56. The van der Waals surface area contributed by atoms with Crippen molar-refractivity contribution in [1.29, 1.82) is 0 Å². The third kappa shape index (κ3) is 3.69. The molecule has 1 saturated heterocycles. The topological polar surface area (TPSA) is 58.6 Å². The van der Waals surface area contributed by atoms with Gasteiger partial charge in [0.1, 0.15) is 12.1 Å². The molecule has 1 aliphatic carbocycles. The average molecular weight is 268 g/mol. The normalized spacial score (nSPS) is 27.6. The van der Waals surface area contributed by atoms with Crippen molar-refractivity contribution >= 4 is 11.8 Å². The van der Waals surface area contributed by atoms with Gasteiger partial charge in [-0.3, -0.25) is 9.59 Å². The van der Waals surface area contributed by atoms with Crippen LogP contribution < -0.4 is 5.32 Å². The molecule has 0 spiro atoms. The molecule has 5 heteroatoms. The van der Waals surface area contributed by atoms with Crippen LogP contribution in [0.4, 0.5) is 0 Å². The lowest BCUT2D eigenvalue weighted by Crippen LogP contribution is -2.62. The molecule has 2 rings (SSSR count). The molecule has 0 aromatic carbocycles. The van der Waals surface area contributed by atoms with Crippen molar-refractivity contribution in [3.05, 3.63) is 0 Å². The van der Waals surface area contributed by atoms with E-state index in [9.17, 15) is 9.59 Å². The van der Waals surface area contributed by atoms with Gasteiger partial charge in [0.05, 0.1) is 0 Å². The lowest BCUT2D eigenvalue weighted by atomic mass is 10.1. The highest BCUT2D eigenvalue weighted by atomic mass is 16.5. The van der Waals surface area contributed by atoms with Gasteiger partial charge in [-0.25, -0.2) is 0 Å². The highest BCUT2D eigenvalue weighted by molar-refractivity contribution is 5.96. The van der Waals surface area contributed by atoms with Crippen LogP contribution in [0.1, 0.15) is 39.5 Å². The number of nitrogens with zero attached hydrogens (tertiary/aromatic N) is 1. The molecule has 0 bridgehead atoms. The molecule has 2 aliphatic rings. The predicted molar refractivity (Wildman–Crippen MR) is 71.6 cm³/mol. The van der Waals surface area contributed by atoms with E-state index < -0.39 is 6.04 Å². The van der Waals surface area contributed by atoms with Gasteiger partial charge in [0, 0.05) is 19.8 Å². The molecule has 5 nitrogen and oxygen atoms in total. The van der Waals surface area contributed by atoms with E-state index in [2.05, 4.69) is 5.32 Å². The van der Waals surface area contributed by atoms with E-state index in [1.807, 2.05) is 6.92 Å². The van der Waals surface area contributed by atoms with Crippen molar-refractivity contribution in [2.75, 3.05) is 19.8 Å². The van der Waals surface area contributed by atoms with E-state index in [0.717, 1.165) is 18.9 Å². The Labute approximate surface area is 114 Å². The van der Waals surface area contributed by atoms with E-state index in [0.29, 0.717) is 19.6 Å². The van der Waals surface area contributed by atoms with Crippen LogP contribution in [0, 0.1) is 5.92 Å². The van der Waals surface area contributed by atoms with Crippen LogP contribution in [0.5, 0.6) is 0 Å². The van der Waals surface area contributed by atoms with E-state index >= 15 is 0 Å². The lowest BCUT2D eigenvalue weighted by molar-refractivity contribution is -0.149. The van der Waals surface area contributed by atoms with Crippen molar-refractivity contribution in [3.8, 4) is 0 Å². The van der Waals surface area contributed by atoms with Crippen molar-refractivity contribution in [3.63, 3.8) is 0 Å². The van der Waals surface area contributed by atoms with Crippen molar-refractivity contribution in [1.82, 2.24) is 10.2 Å². The number of ether oxygens (including phenoxy) is 1. The van der Waals surface area contributed by atoms with Crippen molar-refractivity contribution < 1.29 is 14.3 Å². The Morgan fingerprint density at radius 3 is 2.74 bits per heavy atom. The molecule has 108 valence electrons. The first kappa shape index (κ1) is 14.3. The Kier molecular flexibility index (Phi) is 4.80. The third-order valence-corrected chi connectivity index (χ3v) is 3.82. The summed E-state index contributed by atoms with van der Waals surface area (Å²) in [7, 11) is 0. The zero-order valence-corrected chi connectivity index (χ0v) is 11.9. The molecule has 2 atom stereocenters. The maximum Gasteiger partial charge on any atom is 0.245 e. The van der Waals surface area contributed by atoms with Crippen LogP contribution >= 0.6 is 0 Å². The molecule has 2 fully saturated rings. The fourth-order valence-electron chi connectivity index (χ4n) is 2.46. The van der Waals surface area contributed by atoms with E-state index in [1.165, 1.54) is 12.8 Å². The fourth-order valence-corrected chi connectivity index (χ4v) is 2.46. The molecule has 19 heavy (non-hydrogen) atoms. The highest BCUT2D eigenvalue weighted by Crippen LogP contribution is 2.28. The van der Waals surface area contributed by atoms with Gasteiger partial charge in [0.15, 0.2) is 0 Å². The summed E-state index contributed by atoms with van der Waals surface area (Å²) in [6, 6.07) is -0.713. The van der Waals surface area contributed by atoms with Gasteiger partial charge >= 0.3 is 0 Å². The Balaban J connectivity index is 1.76. The first-order valence-electron chi connectivity index (χ1n) is 7.32. The van der Waals surface area contributed by atoms with Crippen molar-refractivity contribution in [2.45, 2.75) is 51.6 Å². The predicted octanol–water partition coefficient (Wildman–Crippen LogP) is 0.929. The number of nitrogens with one attached hydrogen (secondary N) is 1. The van der Waals surface area contributed by atoms with E-state index in [1.54, 1.807) is 11.8 Å². The fraction of sp³-hybridized carbons (Fsp3) is 0.857. The van der Waals surface area contributed by atoms with Gasteiger partial charge in [0.2, 0.25) is 11.8 Å². The Hall–Kier alpha value is -1.10. The van der Waals surface area contributed by atoms with Gasteiger partial charge in [-0.15, -0.1) is 0 Å².